The number of alkyl halides is 3. The van der Waals surface area contributed by atoms with Crippen molar-refractivity contribution in [2.45, 2.75) is 25.9 Å². The minimum atomic E-state index is -4.20. The number of carbonyl (C=O) groups is 1. The van der Waals surface area contributed by atoms with Crippen LogP contribution in [0.5, 0.6) is 5.75 Å². The summed E-state index contributed by atoms with van der Waals surface area (Å²) in [6, 6.07) is 4.21. The van der Waals surface area contributed by atoms with Crippen molar-refractivity contribution in [2.24, 2.45) is 0 Å². The molecule has 100 valence electrons. The second-order valence-electron chi connectivity index (χ2n) is 3.97. The number of aromatic hydroxyl groups is 1. The third-order valence-electron chi connectivity index (χ3n) is 2.38. The highest BCUT2D eigenvalue weighted by molar-refractivity contribution is 5.95. The lowest BCUT2D eigenvalue weighted by Gasteiger charge is -2.09. The SMILES string of the molecule is Cc1cc(O)ccc1C(=O)NCCCC(F)(F)F. The van der Waals surface area contributed by atoms with Gasteiger partial charge >= 0.3 is 6.18 Å². The number of phenols is 1. The van der Waals surface area contributed by atoms with E-state index in [4.69, 9.17) is 5.11 Å². The molecule has 0 aliphatic rings. The Hall–Kier alpha value is -1.72. The molecule has 0 fully saturated rings. The third-order valence-corrected chi connectivity index (χ3v) is 2.38. The molecule has 0 heterocycles. The molecule has 1 aromatic rings. The monoisotopic (exact) mass is 261 g/mol. The second kappa shape index (κ2) is 5.75. The molecule has 0 radical (unpaired) electrons. The molecule has 0 unspecified atom stereocenters. The Morgan fingerprint density at radius 3 is 2.61 bits per heavy atom. The van der Waals surface area contributed by atoms with Crippen molar-refractivity contribution in [2.75, 3.05) is 6.54 Å². The third kappa shape index (κ3) is 4.65. The maximum absolute atomic E-state index is 11.9. The lowest BCUT2D eigenvalue weighted by Crippen LogP contribution is -2.26. The molecular formula is C12H14F3NO2. The molecule has 1 aromatic carbocycles. The number of halogens is 3. The number of hydrogen-bond acceptors (Lipinski definition) is 2. The Kier molecular flexibility index (Phi) is 4.58. The summed E-state index contributed by atoms with van der Waals surface area (Å²) in [6.07, 6.45) is -5.26. The molecule has 0 aromatic heterocycles. The number of rotatable bonds is 4. The summed E-state index contributed by atoms with van der Waals surface area (Å²) in [5.41, 5.74) is 0.920. The largest absolute Gasteiger partial charge is 0.508 e. The molecule has 0 spiro atoms. The summed E-state index contributed by atoms with van der Waals surface area (Å²) in [5, 5.41) is 11.6. The summed E-state index contributed by atoms with van der Waals surface area (Å²) in [4.78, 5) is 11.6. The van der Waals surface area contributed by atoms with Crippen molar-refractivity contribution >= 4 is 5.91 Å². The van der Waals surface area contributed by atoms with Crippen molar-refractivity contribution < 1.29 is 23.1 Å². The zero-order valence-electron chi connectivity index (χ0n) is 9.84. The topological polar surface area (TPSA) is 49.3 Å². The number of amides is 1. The predicted molar refractivity (Wildman–Crippen MR) is 60.5 cm³/mol. The Labute approximate surface area is 103 Å². The molecule has 0 aliphatic heterocycles. The molecule has 0 atom stereocenters. The Morgan fingerprint density at radius 2 is 2.06 bits per heavy atom. The molecule has 18 heavy (non-hydrogen) atoms. The maximum Gasteiger partial charge on any atom is 0.389 e. The van der Waals surface area contributed by atoms with Gasteiger partial charge in [-0.05, 0) is 37.1 Å². The molecule has 0 bridgehead atoms. The van der Waals surface area contributed by atoms with Crippen LogP contribution < -0.4 is 5.32 Å². The second-order valence-corrected chi connectivity index (χ2v) is 3.97. The van der Waals surface area contributed by atoms with Crippen molar-refractivity contribution in [3.05, 3.63) is 29.3 Å². The smallest absolute Gasteiger partial charge is 0.389 e. The van der Waals surface area contributed by atoms with Gasteiger partial charge in [-0.15, -0.1) is 0 Å². The van der Waals surface area contributed by atoms with Crippen LogP contribution in [0.3, 0.4) is 0 Å². The summed E-state index contributed by atoms with van der Waals surface area (Å²) in [6.45, 7) is 1.61. The first-order valence-corrected chi connectivity index (χ1v) is 5.44. The van der Waals surface area contributed by atoms with E-state index in [9.17, 15) is 18.0 Å². The lowest BCUT2D eigenvalue weighted by molar-refractivity contribution is -0.135. The van der Waals surface area contributed by atoms with E-state index in [1.54, 1.807) is 6.92 Å². The van der Waals surface area contributed by atoms with Crippen molar-refractivity contribution in [1.82, 2.24) is 5.32 Å². The van der Waals surface area contributed by atoms with Crippen LogP contribution in [-0.4, -0.2) is 23.7 Å². The standard InChI is InChI=1S/C12H14F3NO2/c1-8-7-9(17)3-4-10(8)11(18)16-6-2-5-12(13,14)15/h3-4,7,17H,2,5-6H2,1H3,(H,16,18). The highest BCUT2D eigenvalue weighted by Crippen LogP contribution is 2.21. The van der Waals surface area contributed by atoms with E-state index in [0.717, 1.165) is 0 Å². The van der Waals surface area contributed by atoms with Crippen LogP contribution in [0.15, 0.2) is 18.2 Å². The minimum Gasteiger partial charge on any atom is -0.508 e. The van der Waals surface area contributed by atoms with Crippen LogP contribution in [0.4, 0.5) is 13.2 Å². The van der Waals surface area contributed by atoms with E-state index >= 15 is 0 Å². The van der Waals surface area contributed by atoms with E-state index < -0.39 is 18.5 Å². The van der Waals surface area contributed by atoms with Gasteiger partial charge in [-0.1, -0.05) is 0 Å². The van der Waals surface area contributed by atoms with Gasteiger partial charge in [-0.25, -0.2) is 0 Å². The number of hydrogen-bond donors (Lipinski definition) is 2. The van der Waals surface area contributed by atoms with Crippen LogP contribution in [-0.2, 0) is 0 Å². The highest BCUT2D eigenvalue weighted by Gasteiger charge is 2.26. The fourth-order valence-corrected chi connectivity index (χ4v) is 1.49. The molecule has 1 amide bonds. The van der Waals surface area contributed by atoms with Gasteiger partial charge in [0.25, 0.3) is 5.91 Å². The molecule has 0 aliphatic carbocycles. The van der Waals surface area contributed by atoms with Gasteiger partial charge in [0.15, 0.2) is 0 Å². The normalized spacial score (nSPS) is 11.3. The van der Waals surface area contributed by atoms with Crippen LogP contribution >= 0.6 is 0 Å². The number of phenolic OH excluding ortho intramolecular Hbond substituents is 1. The first-order valence-electron chi connectivity index (χ1n) is 5.44. The summed E-state index contributed by atoms with van der Waals surface area (Å²) < 4.78 is 35.6. The summed E-state index contributed by atoms with van der Waals surface area (Å²) in [7, 11) is 0. The number of benzene rings is 1. The highest BCUT2D eigenvalue weighted by atomic mass is 19.4. The van der Waals surface area contributed by atoms with Crippen molar-refractivity contribution in [3.8, 4) is 5.75 Å². The summed E-state index contributed by atoms with van der Waals surface area (Å²) in [5.74, 6) is -0.393. The average molecular weight is 261 g/mol. The number of aryl methyl sites for hydroxylation is 1. The van der Waals surface area contributed by atoms with Crippen LogP contribution in [0.2, 0.25) is 0 Å². The molecule has 3 nitrogen and oxygen atoms in total. The van der Waals surface area contributed by atoms with E-state index in [2.05, 4.69) is 5.32 Å². The molecule has 0 saturated heterocycles. The van der Waals surface area contributed by atoms with Gasteiger partial charge in [0.05, 0.1) is 0 Å². The first-order chi connectivity index (χ1) is 8.29. The first kappa shape index (κ1) is 14.3. The van der Waals surface area contributed by atoms with Crippen LogP contribution in [0, 0.1) is 6.92 Å². The van der Waals surface area contributed by atoms with Gasteiger partial charge < -0.3 is 10.4 Å². The van der Waals surface area contributed by atoms with Gasteiger partial charge in [-0.2, -0.15) is 13.2 Å². The van der Waals surface area contributed by atoms with E-state index in [0.29, 0.717) is 11.1 Å². The summed E-state index contributed by atoms with van der Waals surface area (Å²) >= 11 is 0. The van der Waals surface area contributed by atoms with Crippen molar-refractivity contribution in [3.63, 3.8) is 0 Å². The van der Waals surface area contributed by atoms with Crippen LogP contribution in [0.1, 0.15) is 28.8 Å². The van der Waals surface area contributed by atoms with Gasteiger partial charge in [0, 0.05) is 18.5 Å². The number of nitrogens with one attached hydrogen (secondary N) is 1. The lowest BCUT2D eigenvalue weighted by atomic mass is 10.1. The Bertz CT molecular complexity index is 430. The minimum absolute atomic E-state index is 0.0291. The van der Waals surface area contributed by atoms with E-state index in [1.165, 1.54) is 18.2 Å². The van der Waals surface area contributed by atoms with Gasteiger partial charge in [-0.3, -0.25) is 4.79 Å². The number of carbonyl (C=O) groups excluding carboxylic acids is 1. The van der Waals surface area contributed by atoms with E-state index in [-0.39, 0.29) is 18.7 Å². The Balaban J connectivity index is 2.46. The molecule has 1 rings (SSSR count). The molecular weight excluding hydrogens is 247 g/mol. The van der Waals surface area contributed by atoms with Gasteiger partial charge in [0.1, 0.15) is 5.75 Å². The van der Waals surface area contributed by atoms with Crippen LogP contribution in [0.25, 0.3) is 0 Å². The maximum atomic E-state index is 11.9. The molecule has 0 saturated carbocycles. The quantitative estimate of drug-likeness (QED) is 0.819. The predicted octanol–water partition coefficient (Wildman–Crippen LogP) is 2.77. The van der Waals surface area contributed by atoms with Gasteiger partial charge in [0.2, 0.25) is 0 Å². The van der Waals surface area contributed by atoms with Crippen molar-refractivity contribution in [1.29, 1.82) is 0 Å². The average Bonchev–Trinajstić information content (AvgIpc) is 2.22. The molecule has 6 heteroatoms. The Morgan fingerprint density at radius 1 is 1.39 bits per heavy atom. The molecule has 2 N–H and O–H groups in total. The van der Waals surface area contributed by atoms with E-state index in [1.807, 2.05) is 0 Å². The fraction of sp³-hybridized carbons (Fsp3) is 0.417. The zero-order chi connectivity index (χ0) is 13.8. The fourth-order valence-electron chi connectivity index (χ4n) is 1.49. The zero-order valence-corrected chi connectivity index (χ0v) is 9.84.